The second-order valence-electron chi connectivity index (χ2n) is 5.75. The molecule has 2 atom stereocenters. The molecule has 0 radical (unpaired) electrons. The van der Waals surface area contributed by atoms with Gasteiger partial charge in [-0.1, -0.05) is 18.2 Å². The van der Waals surface area contributed by atoms with Gasteiger partial charge in [-0.2, -0.15) is 0 Å². The van der Waals surface area contributed by atoms with Crippen LogP contribution in [0.25, 0.3) is 0 Å². The van der Waals surface area contributed by atoms with E-state index in [9.17, 15) is 0 Å². The van der Waals surface area contributed by atoms with E-state index in [1.165, 1.54) is 5.56 Å². The fourth-order valence-electron chi connectivity index (χ4n) is 2.73. The highest BCUT2D eigenvalue weighted by atomic mass is 16.5. The molecule has 3 heteroatoms. The van der Waals surface area contributed by atoms with Crippen LogP contribution in [0, 0.1) is 0 Å². The minimum atomic E-state index is -0.276. The van der Waals surface area contributed by atoms with Crippen molar-refractivity contribution in [3.8, 4) is 5.75 Å². The van der Waals surface area contributed by atoms with Crippen molar-refractivity contribution in [2.75, 3.05) is 13.2 Å². The lowest BCUT2D eigenvalue weighted by molar-refractivity contribution is -0.0327. The fraction of sp³-hybridized carbons (Fsp3) is 0.625. The largest absolute Gasteiger partial charge is 0.493 e. The SMILES string of the molecule is CCOC(C)(C)C(N)CC1CCOc2ccccc21. The van der Waals surface area contributed by atoms with Gasteiger partial charge in [-0.15, -0.1) is 0 Å². The predicted molar refractivity (Wildman–Crippen MR) is 77.6 cm³/mol. The predicted octanol–water partition coefficient (Wildman–Crippen LogP) is 3.09. The molecule has 0 bridgehead atoms. The highest BCUT2D eigenvalue weighted by molar-refractivity contribution is 5.37. The van der Waals surface area contributed by atoms with Gasteiger partial charge in [0.05, 0.1) is 12.2 Å². The van der Waals surface area contributed by atoms with Gasteiger partial charge in [0.2, 0.25) is 0 Å². The second kappa shape index (κ2) is 5.93. The zero-order valence-electron chi connectivity index (χ0n) is 12.2. The lowest BCUT2D eigenvalue weighted by Crippen LogP contribution is -2.46. The molecule has 0 saturated heterocycles. The van der Waals surface area contributed by atoms with E-state index in [0.29, 0.717) is 12.5 Å². The normalized spacial score (nSPS) is 20.5. The Kier molecular flexibility index (Phi) is 4.48. The molecular formula is C16H25NO2. The summed E-state index contributed by atoms with van der Waals surface area (Å²) < 4.78 is 11.5. The number of benzene rings is 1. The molecule has 1 aromatic rings. The molecule has 19 heavy (non-hydrogen) atoms. The molecule has 1 aliphatic rings. The topological polar surface area (TPSA) is 44.5 Å². The molecule has 2 N–H and O–H groups in total. The summed E-state index contributed by atoms with van der Waals surface area (Å²) in [7, 11) is 0. The van der Waals surface area contributed by atoms with E-state index in [0.717, 1.165) is 25.2 Å². The molecule has 0 aliphatic carbocycles. The van der Waals surface area contributed by atoms with Crippen LogP contribution in [0.5, 0.6) is 5.75 Å². The Labute approximate surface area is 116 Å². The van der Waals surface area contributed by atoms with Crippen molar-refractivity contribution in [1.29, 1.82) is 0 Å². The third kappa shape index (κ3) is 3.28. The summed E-state index contributed by atoms with van der Waals surface area (Å²) in [6.07, 6.45) is 1.97. The molecule has 3 nitrogen and oxygen atoms in total. The van der Waals surface area contributed by atoms with Crippen LogP contribution in [-0.4, -0.2) is 24.9 Å². The van der Waals surface area contributed by atoms with Crippen molar-refractivity contribution in [3.05, 3.63) is 29.8 Å². The van der Waals surface area contributed by atoms with Crippen molar-refractivity contribution in [2.24, 2.45) is 5.73 Å². The third-order valence-electron chi connectivity index (χ3n) is 4.03. The minimum Gasteiger partial charge on any atom is -0.493 e. The van der Waals surface area contributed by atoms with Crippen LogP contribution in [0.1, 0.15) is 45.1 Å². The zero-order valence-corrected chi connectivity index (χ0v) is 12.2. The van der Waals surface area contributed by atoms with E-state index < -0.39 is 0 Å². The summed E-state index contributed by atoms with van der Waals surface area (Å²) in [4.78, 5) is 0. The fourth-order valence-corrected chi connectivity index (χ4v) is 2.73. The molecular weight excluding hydrogens is 238 g/mol. The molecule has 1 aromatic carbocycles. The summed E-state index contributed by atoms with van der Waals surface area (Å²) in [5.41, 5.74) is 7.37. The zero-order chi connectivity index (χ0) is 13.9. The summed E-state index contributed by atoms with van der Waals surface area (Å²) >= 11 is 0. The molecule has 2 rings (SSSR count). The van der Waals surface area contributed by atoms with E-state index in [1.807, 2.05) is 19.1 Å². The molecule has 0 saturated carbocycles. The van der Waals surface area contributed by atoms with Crippen LogP contribution >= 0.6 is 0 Å². The summed E-state index contributed by atoms with van der Waals surface area (Å²) in [5, 5.41) is 0. The molecule has 0 fully saturated rings. The van der Waals surface area contributed by atoms with Gasteiger partial charge in [0.25, 0.3) is 0 Å². The number of hydrogen-bond donors (Lipinski definition) is 1. The first-order valence-corrected chi connectivity index (χ1v) is 7.16. The lowest BCUT2D eigenvalue weighted by atomic mass is 9.83. The van der Waals surface area contributed by atoms with Crippen LogP contribution in [0.2, 0.25) is 0 Å². The van der Waals surface area contributed by atoms with E-state index in [-0.39, 0.29) is 11.6 Å². The Morgan fingerprint density at radius 2 is 2.16 bits per heavy atom. The monoisotopic (exact) mass is 263 g/mol. The van der Waals surface area contributed by atoms with Crippen LogP contribution in [-0.2, 0) is 4.74 Å². The summed E-state index contributed by atoms with van der Waals surface area (Å²) in [5.74, 6) is 1.49. The molecule has 2 unspecified atom stereocenters. The first kappa shape index (κ1) is 14.4. The average Bonchev–Trinajstić information content (AvgIpc) is 2.39. The van der Waals surface area contributed by atoms with E-state index in [4.69, 9.17) is 15.2 Å². The maximum atomic E-state index is 6.36. The van der Waals surface area contributed by atoms with E-state index in [2.05, 4.69) is 26.0 Å². The Bertz CT molecular complexity index is 417. The van der Waals surface area contributed by atoms with Gasteiger partial charge in [-0.3, -0.25) is 0 Å². The van der Waals surface area contributed by atoms with Gasteiger partial charge < -0.3 is 15.2 Å². The van der Waals surface area contributed by atoms with Crippen molar-refractivity contribution in [2.45, 2.75) is 51.2 Å². The van der Waals surface area contributed by atoms with E-state index >= 15 is 0 Å². The number of nitrogens with two attached hydrogens (primary N) is 1. The van der Waals surface area contributed by atoms with Crippen molar-refractivity contribution in [1.82, 2.24) is 0 Å². The van der Waals surface area contributed by atoms with Crippen LogP contribution in [0.3, 0.4) is 0 Å². The lowest BCUT2D eigenvalue weighted by Gasteiger charge is -2.35. The summed E-state index contributed by atoms with van der Waals surface area (Å²) in [6.45, 7) is 7.64. The first-order chi connectivity index (χ1) is 9.04. The van der Waals surface area contributed by atoms with Gasteiger partial charge in [0.15, 0.2) is 0 Å². The van der Waals surface area contributed by atoms with Gasteiger partial charge in [0, 0.05) is 12.6 Å². The molecule has 0 aromatic heterocycles. The van der Waals surface area contributed by atoms with Gasteiger partial charge in [-0.25, -0.2) is 0 Å². The minimum absolute atomic E-state index is 0.0311. The Morgan fingerprint density at radius 3 is 2.89 bits per heavy atom. The number of fused-ring (bicyclic) bond motifs is 1. The molecule has 0 amide bonds. The van der Waals surface area contributed by atoms with Gasteiger partial charge in [0.1, 0.15) is 5.75 Å². The van der Waals surface area contributed by atoms with Crippen LogP contribution in [0.4, 0.5) is 0 Å². The van der Waals surface area contributed by atoms with Gasteiger partial charge in [-0.05, 0) is 51.2 Å². The Hall–Kier alpha value is -1.06. The molecule has 1 aliphatic heterocycles. The standard InChI is InChI=1S/C16H25NO2/c1-4-19-16(2,3)15(17)11-12-9-10-18-14-8-6-5-7-13(12)14/h5-8,12,15H,4,9-11,17H2,1-3H3. The third-order valence-corrected chi connectivity index (χ3v) is 4.03. The molecule has 106 valence electrons. The number of rotatable bonds is 5. The molecule has 0 spiro atoms. The maximum Gasteiger partial charge on any atom is 0.122 e. The highest BCUT2D eigenvalue weighted by Gasteiger charge is 2.31. The Balaban J connectivity index is 2.08. The van der Waals surface area contributed by atoms with Crippen molar-refractivity contribution in [3.63, 3.8) is 0 Å². The van der Waals surface area contributed by atoms with Crippen molar-refractivity contribution < 1.29 is 9.47 Å². The second-order valence-corrected chi connectivity index (χ2v) is 5.75. The Morgan fingerprint density at radius 1 is 1.42 bits per heavy atom. The van der Waals surface area contributed by atoms with Crippen LogP contribution in [0.15, 0.2) is 24.3 Å². The van der Waals surface area contributed by atoms with Crippen LogP contribution < -0.4 is 10.5 Å². The first-order valence-electron chi connectivity index (χ1n) is 7.16. The molecule has 1 heterocycles. The maximum absolute atomic E-state index is 6.36. The summed E-state index contributed by atoms with van der Waals surface area (Å²) in [6, 6.07) is 8.31. The number of ether oxygens (including phenoxy) is 2. The number of hydrogen-bond acceptors (Lipinski definition) is 3. The van der Waals surface area contributed by atoms with Gasteiger partial charge >= 0.3 is 0 Å². The smallest absolute Gasteiger partial charge is 0.122 e. The number of para-hydroxylation sites is 1. The quantitative estimate of drug-likeness (QED) is 0.888. The average molecular weight is 263 g/mol. The van der Waals surface area contributed by atoms with Crippen molar-refractivity contribution >= 4 is 0 Å². The highest BCUT2D eigenvalue weighted by Crippen LogP contribution is 2.37. The van der Waals surface area contributed by atoms with E-state index in [1.54, 1.807) is 0 Å².